The van der Waals surface area contributed by atoms with Crippen LogP contribution in [0.4, 0.5) is 0 Å². The molecular formula is C13H19NO2. The molecule has 0 aliphatic rings. The predicted octanol–water partition coefficient (Wildman–Crippen LogP) is 2.50. The fourth-order valence-corrected chi connectivity index (χ4v) is 1.63. The van der Waals surface area contributed by atoms with Gasteiger partial charge in [-0.15, -0.1) is 0 Å². The van der Waals surface area contributed by atoms with Crippen molar-refractivity contribution in [3.63, 3.8) is 0 Å². The summed E-state index contributed by atoms with van der Waals surface area (Å²) < 4.78 is 5.09. The molecule has 1 rings (SSSR count). The molecule has 3 heteroatoms. The second kappa shape index (κ2) is 5.56. The maximum absolute atomic E-state index is 10.0. The standard InChI is InChI=1S/C13H19NO2/c1-9(2)10-6-7-12(16-3)13(15)11(10)5-4-8-14/h4-7,9,15H,8,14H2,1-3H3/b5-4+. The maximum atomic E-state index is 10.0. The zero-order valence-corrected chi connectivity index (χ0v) is 10.0. The van der Waals surface area contributed by atoms with Gasteiger partial charge in [-0.05, 0) is 17.5 Å². The van der Waals surface area contributed by atoms with Crippen LogP contribution in [0.5, 0.6) is 11.5 Å². The van der Waals surface area contributed by atoms with Gasteiger partial charge in [-0.2, -0.15) is 0 Å². The number of nitrogens with two attached hydrogens (primary N) is 1. The second-order valence-electron chi connectivity index (χ2n) is 3.91. The summed E-state index contributed by atoms with van der Waals surface area (Å²) in [5, 5.41) is 10.0. The van der Waals surface area contributed by atoms with E-state index in [4.69, 9.17) is 10.5 Å². The van der Waals surface area contributed by atoms with Crippen LogP contribution < -0.4 is 10.5 Å². The highest BCUT2D eigenvalue weighted by molar-refractivity contribution is 5.66. The molecule has 0 spiro atoms. The van der Waals surface area contributed by atoms with Crippen LogP contribution >= 0.6 is 0 Å². The lowest BCUT2D eigenvalue weighted by molar-refractivity contribution is 0.372. The van der Waals surface area contributed by atoms with Gasteiger partial charge in [0, 0.05) is 12.1 Å². The molecule has 0 aromatic heterocycles. The van der Waals surface area contributed by atoms with Gasteiger partial charge >= 0.3 is 0 Å². The van der Waals surface area contributed by atoms with E-state index in [2.05, 4.69) is 13.8 Å². The normalized spacial score (nSPS) is 11.3. The quantitative estimate of drug-likeness (QED) is 0.821. The molecule has 0 saturated carbocycles. The third-order valence-corrected chi connectivity index (χ3v) is 2.48. The van der Waals surface area contributed by atoms with Crippen molar-refractivity contribution in [1.82, 2.24) is 0 Å². The predicted molar refractivity (Wildman–Crippen MR) is 66.8 cm³/mol. The molecule has 0 atom stereocenters. The topological polar surface area (TPSA) is 55.5 Å². The molecule has 3 nitrogen and oxygen atoms in total. The molecule has 0 radical (unpaired) electrons. The number of phenolic OH excluding ortho intramolecular Hbond substituents is 1. The molecule has 88 valence electrons. The first kappa shape index (κ1) is 12.6. The lowest BCUT2D eigenvalue weighted by atomic mass is 9.95. The van der Waals surface area contributed by atoms with E-state index >= 15 is 0 Å². The van der Waals surface area contributed by atoms with Crippen molar-refractivity contribution in [3.8, 4) is 11.5 Å². The fourth-order valence-electron chi connectivity index (χ4n) is 1.63. The number of aromatic hydroxyl groups is 1. The average molecular weight is 221 g/mol. The number of hydrogen-bond acceptors (Lipinski definition) is 3. The summed E-state index contributed by atoms with van der Waals surface area (Å²) in [4.78, 5) is 0. The van der Waals surface area contributed by atoms with Crippen molar-refractivity contribution >= 4 is 6.08 Å². The number of benzene rings is 1. The van der Waals surface area contributed by atoms with E-state index in [-0.39, 0.29) is 5.75 Å². The molecule has 0 bridgehead atoms. The van der Waals surface area contributed by atoms with Crippen LogP contribution in [0, 0.1) is 0 Å². The lowest BCUT2D eigenvalue weighted by Gasteiger charge is -2.14. The van der Waals surface area contributed by atoms with Crippen LogP contribution in [0.1, 0.15) is 30.9 Å². The zero-order valence-electron chi connectivity index (χ0n) is 10.0. The molecule has 3 N–H and O–H groups in total. The fraction of sp³-hybridized carbons (Fsp3) is 0.385. The van der Waals surface area contributed by atoms with Crippen LogP contribution in [0.2, 0.25) is 0 Å². The Kier molecular flexibility index (Phi) is 4.38. The van der Waals surface area contributed by atoms with Gasteiger partial charge < -0.3 is 15.6 Å². The number of methoxy groups -OCH3 is 1. The Labute approximate surface area is 96.5 Å². The molecule has 0 heterocycles. The van der Waals surface area contributed by atoms with Crippen molar-refractivity contribution in [1.29, 1.82) is 0 Å². The molecular weight excluding hydrogens is 202 g/mol. The Morgan fingerprint density at radius 1 is 1.44 bits per heavy atom. The summed E-state index contributed by atoms with van der Waals surface area (Å²) in [6, 6.07) is 3.75. The molecule has 0 saturated heterocycles. The van der Waals surface area contributed by atoms with Crippen molar-refractivity contribution in [2.45, 2.75) is 19.8 Å². The molecule has 0 amide bonds. The number of hydrogen-bond donors (Lipinski definition) is 2. The summed E-state index contributed by atoms with van der Waals surface area (Å²) in [5.74, 6) is 1.01. The van der Waals surface area contributed by atoms with E-state index in [0.717, 1.165) is 11.1 Å². The minimum Gasteiger partial charge on any atom is -0.504 e. The Morgan fingerprint density at radius 3 is 2.62 bits per heavy atom. The molecule has 1 aromatic carbocycles. The monoisotopic (exact) mass is 221 g/mol. The van der Waals surface area contributed by atoms with E-state index in [1.807, 2.05) is 18.2 Å². The minimum atomic E-state index is 0.179. The summed E-state index contributed by atoms with van der Waals surface area (Å²) in [6.45, 7) is 4.62. The Hall–Kier alpha value is -1.48. The van der Waals surface area contributed by atoms with Crippen LogP contribution in [0.3, 0.4) is 0 Å². The van der Waals surface area contributed by atoms with Gasteiger partial charge in [0.2, 0.25) is 0 Å². The SMILES string of the molecule is COc1ccc(C(C)C)c(/C=C/CN)c1O. The van der Waals surface area contributed by atoms with Gasteiger partial charge in [0.25, 0.3) is 0 Å². The number of phenols is 1. The first-order valence-corrected chi connectivity index (χ1v) is 5.38. The van der Waals surface area contributed by atoms with Crippen LogP contribution in [-0.4, -0.2) is 18.8 Å². The third-order valence-electron chi connectivity index (χ3n) is 2.48. The molecule has 0 fully saturated rings. The van der Waals surface area contributed by atoms with Gasteiger partial charge in [-0.25, -0.2) is 0 Å². The van der Waals surface area contributed by atoms with Gasteiger partial charge in [-0.3, -0.25) is 0 Å². The third kappa shape index (κ3) is 2.55. The highest BCUT2D eigenvalue weighted by atomic mass is 16.5. The highest BCUT2D eigenvalue weighted by Gasteiger charge is 2.12. The van der Waals surface area contributed by atoms with Gasteiger partial charge in [0.05, 0.1) is 7.11 Å². The van der Waals surface area contributed by atoms with Crippen LogP contribution in [0.25, 0.3) is 6.08 Å². The molecule has 0 unspecified atom stereocenters. The summed E-state index contributed by atoms with van der Waals surface area (Å²) >= 11 is 0. The summed E-state index contributed by atoms with van der Waals surface area (Å²) in [6.07, 6.45) is 3.66. The largest absolute Gasteiger partial charge is 0.504 e. The van der Waals surface area contributed by atoms with E-state index in [9.17, 15) is 5.11 Å². The minimum absolute atomic E-state index is 0.179. The second-order valence-corrected chi connectivity index (χ2v) is 3.91. The van der Waals surface area contributed by atoms with Gasteiger partial charge in [0.15, 0.2) is 11.5 Å². The van der Waals surface area contributed by atoms with Gasteiger partial charge in [-0.1, -0.05) is 32.1 Å². The lowest BCUT2D eigenvalue weighted by Crippen LogP contribution is -1.96. The molecule has 16 heavy (non-hydrogen) atoms. The zero-order chi connectivity index (χ0) is 12.1. The maximum Gasteiger partial charge on any atom is 0.165 e. The van der Waals surface area contributed by atoms with Crippen LogP contribution in [0.15, 0.2) is 18.2 Å². The van der Waals surface area contributed by atoms with Crippen molar-refractivity contribution in [2.24, 2.45) is 5.73 Å². The average Bonchev–Trinajstić information content (AvgIpc) is 2.26. The van der Waals surface area contributed by atoms with E-state index in [0.29, 0.717) is 18.2 Å². The first-order chi connectivity index (χ1) is 7.61. The number of ether oxygens (including phenoxy) is 1. The Morgan fingerprint density at radius 2 is 2.12 bits per heavy atom. The Bertz CT molecular complexity index is 384. The van der Waals surface area contributed by atoms with Crippen molar-refractivity contribution in [3.05, 3.63) is 29.3 Å². The van der Waals surface area contributed by atoms with Crippen molar-refractivity contribution in [2.75, 3.05) is 13.7 Å². The summed E-state index contributed by atoms with van der Waals surface area (Å²) in [5.41, 5.74) is 7.30. The van der Waals surface area contributed by atoms with E-state index in [1.165, 1.54) is 0 Å². The molecule has 0 aliphatic heterocycles. The highest BCUT2D eigenvalue weighted by Crippen LogP contribution is 2.36. The van der Waals surface area contributed by atoms with E-state index < -0.39 is 0 Å². The van der Waals surface area contributed by atoms with Gasteiger partial charge in [0.1, 0.15) is 0 Å². The molecule has 1 aromatic rings. The van der Waals surface area contributed by atoms with Crippen molar-refractivity contribution < 1.29 is 9.84 Å². The number of rotatable bonds is 4. The first-order valence-electron chi connectivity index (χ1n) is 5.38. The molecule has 0 aliphatic carbocycles. The smallest absolute Gasteiger partial charge is 0.165 e. The summed E-state index contributed by atoms with van der Waals surface area (Å²) in [7, 11) is 1.54. The Balaban J connectivity index is 3.30. The van der Waals surface area contributed by atoms with E-state index in [1.54, 1.807) is 13.2 Å². The van der Waals surface area contributed by atoms with Crippen LogP contribution in [-0.2, 0) is 0 Å².